The van der Waals surface area contributed by atoms with E-state index in [1.165, 1.54) is 0 Å². The van der Waals surface area contributed by atoms with Gasteiger partial charge < -0.3 is 10.6 Å². The Morgan fingerprint density at radius 2 is 2.20 bits per heavy atom. The third-order valence-corrected chi connectivity index (χ3v) is 4.49. The van der Waals surface area contributed by atoms with E-state index in [9.17, 15) is 4.79 Å². The zero-order valence-electron chi connectivity index (χ0n) is 12.0. The lowest BCUT2D eigenvalue weighted by molar-refractivity contribution is -0.127. The Morgan fingerprint density at radius 3 is 2.75 bits per heavy atom. The summed E-state index contributed by atoms with van der Waals surface area (Å²) in [5, 5.41) is 9.39. The first-order chi connectivity index (χ1) is 8.49. The molecule has 2 rings (SSSR count). The van der Waals surface area contributed by atoms with Crippen molar-refractivity contribution >= 4 is 42.1 Å². The van der Waals surface area contributed by atoms with Crippen molar-refractivity contribution in [3.63, 3.8) is 0 Å². The van der Waals surface area contributed by atoms with Crippen LogP contribution in [0, 0.1) is 5.92 Å². The molecular formula is C13H23Cl2N3OS. The van der Waals surface area contributed by atoms with Crippen molar-refractivity contribution < 1.29 is 4.79 Å². The van der Waals surface area contributed by atoms with Gasteiger partial charge in [-0.25, -0.2) is 4.98 Å². The number of thiazole rings is 1. The van der Waals surface area contributed by atoms with Crippen molar-refractivity contribution in [1.82, 2.24) is 15.6 Å². The summed E-state index contributed by atoms with van der Waals surface area (Å²) in [6, 6.07) is 0.428. The van der Waals surface area contributed by atoms with E-state index in [4.69, 9.17) is 0 Å². The van der Waals surface area contributed by atoms with Crippen LogP contribution in [0.2, 0.25) is 0 Å². The molecule has 4 nitrogen and oxygen atoms in total. The molecular weight excluding hydrogens is 317 g/mol. The van der Waals surface area contributed by atoms with Gasteiger partial charge in [-0.15, -0.1) is 36.2 Å². The molecule has 7 heteroatoms. The number of piperidine rings is 1. The second-order valence-corrected chi connectivity index (χ2v) is 6.42. The van der Waals surface area contributed by atoms with Crippen LogP contribution in [0.4, 0.5) is 0 Å². The normalized spacial score (nSPS) is 22.4. The molecule has 0 saturated carbocycles. The van der Waals surface area contributed by atoms with Crippen molar-refractivity contribution in [3.8, 4) is 0 Å². The maximum atomic E-state index is 12.3. The Bertz CT molecular complexity index is 412. The standard InChI is InChI=1S/C13H21N3OS.2ClH/c1-9-8-10(4-5-14-9)11(17)16-13(2,3)12-15-6-7-18-12;;/h6-7,9-10,14H,4-5,8H2,1-3H3,(H,16,17);2*1H/t9-,10-;;/m0../s1. The number of hydrogen-bond acceptors (Lipinski definition) is 4. The second-order valence-electron chi connectivity index (χ2n) is 5.53. The summed E-state index contributed by atoms with van der Waals surface area (Å²) in [6.45, 7) is 7.07. The van der Waals surface area contributed by atoms with Gasteiger partial charge in [-0.3, -0.25) is 4.79 Å². The summed E-state index contributed by atoms with van der Waals surface area (Å²) in [6.07, 6.45) is 3.62. The van der Waals surface area contributed by atoms with Gasteiger partial charge >= 0.3 is 0 Å². The molecule has 1 amide bonds. The molecule has 2 N–H and O–H groups in total. The molecule has 1 saturated heterocycles. The molecule has 20 heavy (non-hydrogen) atoms. The highest BCUT2D eigenvalue weighted by molar-refractivity contribution is 7.09. The van der Waals surface area contributed by atoms with Crippen LogP contribution in [0.25, 0.3) is 0 Å². The summed E-state index contributed by atoms with van der Waals surface area (Å²) in [5.41, 5.74) is -0.376. The highest BCUT2D eigenvalue weighted by Crippen LogP contribution is 2.24. The molecule has 1 aliphatic heterocycles. The zero-order valence-corrected chi connectivity index (χ0v) is 14.5. The van der Waals surface area contributed by atoms with Gasteiger partial charge in [-0.1, -0.05) is 0 Å². The molecule has 0 aromatic carbocycles. The van der Waals surface area contributed by atoms with E-state index in [1.54, 1.807) is 17.5 Å². The van der Waals surface area contributed by atoms with E-state index in [1.807, 2.05) is 19.2 Å². The topological polar surface area (TPSA) is 54.0 Å². The number of carbonyl (C=O) groups is 1. The van der Waals surface area contributed by atoms with Gasteiger partial charge in [0.2, 0.25) is 5.91 Å². The Kier molecular flexibility index (Phi) is 8.03. The van der Waals surface area contributed by atoms with Crippen LogP contribution < -0.4 is 10.6 Å². The second kappa shape index (κ2) is 8.17. The molecule has 2 heterocycles. The predicted octanol–water partition coefficient (Wildman–Crippen LogP) is 2.73. The van der Waals surface area contributed by atoms with Gasteiger partial charge in [0.1, 0.15) is 5.01 Å². The van der Waals surface area contributed by atoms with Crippen LogP contribution in [0.3, 0.4) is 0 Å². The summed E-state index contributed by atoms with van der Waals surface area (Å²) >= 11 is 1.58. The van der Waals surface area contributed by atoms with E-state index in [-0.39, 0.29) is 42.2 Å². The average molecular weight is 340 g/mol. The monoisotopic (exact) mass is 339 g/mol. The lowest BCUT2D eigenvalue weighted by Crippen LogP contribution is -2.48. The minimum absolute atomic E-state index is 0. The molecule has 1 fully saturated rings. The van der Waals surface area contributed by atoms with Crippen molar-refractivity contribution in [3.05, 3.63) is 16.6 Å². The van der Waals surface area contributed by atoms with Crippen LogP contribution in [-0.2, 0) is 10.3 Å². The van der Waals surface area contributed by atoms with E-state index in [2.05, 4.69) is 22.5 Å². The Morgan fingerprint density at radius 1 is 1.50 bits per heavy atom. The summed E-state index contributed by atoms with van der Waals surface area (Å²) < 4.78 is 0. The van der Waals surface area contributed by atoms with Crippen LogP contribution in [0.15, 0.2) is 11.6 Å². The number of hydrogen-bond donors (Lipinski definition) is 2. The number of rotatable bonds is 3. The lowest BCUT2D eigenvalue weighted by Gasteiger charge is -2.31. The molecule has 1 aliphatic rings. The summed E-state index contributed by atoms with van der Waals surface area (Å²) in [7, 11) is 0. The van der Waals surface area contributed by atoms with E-state index in [0.717, 1.165) is 24.4 Å². The van der Waals surface area contributed by atoms with Gasteiger partial charge in [0.15, 0.2) is 0 Å². The van der Waals surface area contributed by atoms with Gasteiger partial charge in [-0.05, 0) is 40.2 Å². The third-order valence-electron chi connectivity index (χ3n) is 3.40. The maximum Gasteiger partial charge on any atom is 0.223 e. The number of nitrogens with zero attached hydrogens (tertiary/aromatic N) is 1. The van der Waals surface area contributed by atoms with Gasteiger partial charge in [-0.2, -0.15) is 0 Å². The summed E-state index contributed by atoms with van der Waals surface area (Å²) in [4.78, 5) is 16.6. The van der Waals surface area contributed by atoms with Gasteiger partial charge in [0.25, 0.3) is 0 Å². The quantitative estimate of drug-likeness (QED) is 0.890. The fourth-order valence-corrected chi connectivity index (χ4v) is 3.08. The maximum absolute atomic E-state index is 12.3. The first kappa shape index (κ1) is 19.6. The smallest absolute Gasteiger partial charge is 0.223 e. The Balaban J connectivity index is 0.00000180. The predicted molar refractivity (Wildman–Crippen MR) is 88.0 cm³/mol. The number of halogens is 2. The van der Waals surface area contributed by atoms with Crippen molar-refractivity contribution in [2.45, 2.75) is 45.2 Å². The van der Waals surface area contributed by atoms with Crippen molar-refractivity contribution in [2.24, 2.45) is 5.92 Å². The third kappa shape index (κ3) is 4.88. The molecule has 1 aromatic rings. The summed E-state index contributed by atoms with van der Waals surface area (Å²) in [5.74, 6) is 0.282. The largest absolute Gasteiger partial charge is 0.344 e. The van der Waals surface area contributed by atoms with Crippen LogP contribution >= 0.6 is 36.2 Å². The number of nitrogens with one attached hydrogen (secondary N) is 2. The van der Waals surface area contributed by atoms with Crippen LogP contribution in [0.5, 0.6) is 0 Å². The molecule has 2 atom stereocenters. The number of carbonyl (C=O) groups excluding carboxylic acids is 1. The lowest BCUT2D eigenvalue weighted by atomic mass is 9.91. The van der Waals surface area contributed by atoms with Gasteiger partial charge in [0.05, 0.1) is 5.54 Å². The SMILES string of the molecule is C[C@H]1C[C@@H](C(=O)NC(C)(C)c2nccs2)CCN1.Cl.Cl. The number of aromatic nitrogens is 1. The highest BCUT2D eigenvalue weighted by Gasteiger charge is 2.31. The Labute approximate surface area is 137 Å². The molecule has 0 spiro atoms. The van der Waals surface area contributed by atoms with Crippen molar-refractivity contribution in [2.75, 3.05) is 6.54 Å². The highest BCUT2D eigenvalue weighted by atomic mass is 35.5. The van der Waals surface area contributed by atoms with Crippen molar-refractivity contribution in [1.29, 1.82) is 0 Å². The molecule has 0 aliphatic carbocycles. The van der Waals surface area contributed by atoms with E-state index in [0.29, 0.717) is 6.04 Å². The van der Waals surface area contributed by atoms with E-state index < -0.39 is 0 Å². The molecule has 0 unspecified atom stereocenters. The van der Waals surface area contributed by atoms with Crippen LogP contribution in [0.1, 0.15) is 38.6 Å². The van der Waals surface area contributed by atoms with Crippen LogP contribution in [-0.4, -0.2) is 23.5 Å². The Hall–Kier alpha value is -0.360. The number of amides is 1. The molecule has 0 radical (unpaired) electrons. The average Bonchev–Trinajstić information content (AvgIpc) is 2.82. The first-order valence-corrected chi connectivity index (χ1v) is 7.32. The minimum atomic E-state index is -0.376. The van der Waals surface area contributed by atoms with Gasteiger partial charge in [0, 0.05) is 23.5 Å². The minimum Gasteiger partial charge on any atom is -0.344 e. The molecule has 116 valence electrons. The molecule has 0 bridgehead atoms. The fraction of sp³-hybridized carbons (Fsp3) is 0.692. The fourth-order valence-electron chi connectivity index (χ4n) is 2.37. The molecule has 1 aromatic heterocycles. The first-order valence-electron chi connectivity index (χ1n) is 6.44. The van der Waals surface area contributed by atoms with E-state index >= 15 is 0 Å². The zero-order chi connectivity index (χ0) is 13.2.